The first-order valence-corrected chi connectivity index (χ1v) is 9.81. The number of nitrogens with one attached hydrogen (secondary N) is 1. The SMILES string of the molecule is CC(=O)C1=C(C)NC(SCc2ccccc2)=C(C#N)C1c1cccs1. The Morgan fingerprint density at radius 2 is 2.04 bits per heavy atom. The number of dihydropyridines is 1. The second kappa shape index (κ2) is 7.73. The molecule has 3 rings (SSSR count). The number of thioether (sulfide) groups is 1. The van der Waals surface area contributed by atoms with Gasteiger partial charge in [-0.15, -0.1) is 23.1 Å². The molecule has 3 nitrogen and oxygen atoms in total. The van der Waals surface area contributed by atoms with E-state index in [2.05, 4.69) is 23.5 Å². The van der Waals surface area contributed by atoms with Crippen molar-refractivity contribution in [1.29, 1.82) is 5.26 Å². The van der Waals surface area contributed by atoms with Crippen LogP contribution in [0.5, 0.6) is 0 Å². The van der Waals surface area contributed by atoms with Crippen LogP contribution in [0.1, 0.15) is 30.2 Å². The third-order valence-corrected chi connectivity index (χ3v) is 6.11. The summed E-state index contributed by atoms with van der Waals surface area (Å²) in [6.45, 7) is 3.48. The molecule has 1 atom stereocenters. The average Bonchev–Trinajstić information content (AvgIpc) is 3.14. The highest BCUT2D eigenvalue weighted by Crippen LogP contribution is 2.42. The van der Waals surface area contributed by atoms with E-state index in [4.69, 9.17) is 0 Å². The van der Waals surface area contributed by atoms with Crippen LogP contribution >= 0.6 is 23.1 Å². The molecule has 1 aliphatic heterocycles. The lowest BCUT2D eigenvalue weighted by Crippen LogP contribution is -2.26. The van der Waals surface area contributed by atoms with E-state index in [1.54, 1.807) is 30.0 Å². The zero-order valence-corrected chi connectivity index (χ0v) is 15.7. The summed E-state index contributed by atoms with van der Waals surface area (Å²) in [6.07, 6.45) is 0. The van der Waals surface area contributed by atoms with Gasteiger partial charge < -0.3 is 5.32 Å². The molecule has 0 bridgehead atoms. The Bertz CT molecular complexity index is 874. The third-order valence-electron chi connectivity index (χ3n) is 4.08. The van der Waals surface area contributed by atoms with Crippen molar-refractivity contribution in [2.75, 3.05) is 0 Å². The monoisotopic (exact) mass is 366 g/mol. The molecule has 0 fully saturated rings. The maximum atomic E-state index is 12.2. The molecule has 1 aromatic heterocycles. The molecule has 1 N–H and O–H groups in total. The molecule has 2 aromatic rings. The van der Waals surface area contributed by atoms with E-state index >= 15 is 0 Å². The molecule has 126 valence electrons. The van der Waals surface area contributed by atoms with E-state index < -0.39 is 0 Å². The Balaban J connectivity index is 1.98. The van der Waals surface area contributed by atoms with Crippen molar-refractivity contribution in [3.63, 3.8) is 0 Å². The first-order chi connectivity index (χ1) is 12.1. The van der Waals surface area contributed by atoms with Crippen molar-refractivity contribution in [1.82, 2.24) is 5.32 Å². The largest absolute Gasteiger partial charge is 0.353 e. The summed E-state index contributed by atoms with van der Waals surface area (Å²) in [5, 5.41) is 15.9. The maximum absolute atomic E-state index is 12.2. The molecule has 1 aromatic carbocycles. The van der Waals surface area contributed by atoms with Crippen LogP contribution in [0.2, 0.25) is 0 Å². The fourth-order valence-corrected chi connectivity index (χ4v) is 4.85. The van der Waals surface area contributed by atoms with Crippen LogP contribution in [0, 0.1) is 11.3 Å². The number of rotatable bonds is 5. The lowest BCUT2D eigenvalue weighted by Gasteiger charge is -2.28. The van der Waals surface area contributed by atoms with Gasteiger partial charge in [0.05, 0.1) is 22.6 Å². The molecule has 0 radical (unpaired) electrons. The van der Waals surface area contributed by atoms with E-state index in [1.807, 2.05) is 42.6 Å². The Morgan fingerprint density at radius 3 is 2.64 bits per heavy atom. The van der Waals surface area contributed by atoms with Crippen LogP contribution in [0.4, 0.5) is 0 Å². The summed E-state index contributed by atoms with van der Waals surface area (Å²) in [4.78, 5) is 13.3. The Hall–Kier alpha value is -2.29. The van der Waals surface area contributed by atoms with E-state index in [0.717, 1.165) is 21.4 Å². The predicted octanol–water partition coefficient (Wildman–Crippen LogP) is 4.97. The standard InChI is InChI=1S/C20H18N2OS2/c1-13-18(14(2)23)19(17-9-6-10-24-17)16(11-21)20(22-13)25-12-15-7-4-3-5-8-15/h3-10,19,22H,12H2,1-2H3. The van der Waals surface area contributed by atoms with Gasteiger partial charge in [0.15, 0.2) is 5.78 Å². The van der Waals surface area contributed by atoms with Crippen LogP contribution in [0.3, 0.4) is 0 Å². The molecule has 0 spiro atoms. The Morgan fingerprint density at radius 1 is 1.28 bits per heavy atom. The summed E-state index contributed by atoms with van der Waals surface area (Å²) in [5.74, 6) is 0.499. The molecule has 0 amide bonds. The number of thiophene rings is 1. The molecule has 0 aliphatic carbocycles. The van der Waals surface area contributed by atoms with E-state index in [1.165, 1.54) is 5.56 Å². The highest BCUT2D eigenvalue weighted by molar-refractivity contribution is 8.02. The number of Topliss-reactive ketones (excluding diaryl/α,β-unsaturated/α-hetero) is 1. The highest BCUT2D eigenvalue weighted by Gasteiger charge is 2.33. The second-order valence-corrected chi connectivity index (χ2v) is 7.76. The number of nitrogens with zero attached hydrogens (tertiary/aromatic N) is 1. The van der Waals surface area contributed by atoms with Crippen molar-refractivity contribution in [3.05, 3.63) is 80.2 Å². The maximum Gasteiger partial charge on any atom is 0.158 e. The molecule has 0 saturated carbocycles. The summed E-state index contributed by atoms with van der Waals surface area (Å²) in [6, 6.07) is 16.5. The molecule has 5 heteroatoms. The quantitative estimate of drug-likeness (QED) is 0.812. The van der Waals surface area contributed by atoms with Crippen molar-refractivity contribution >= 4 is 28.9 Å². The van der Waals surface area contributed by atoms with Crippen LogP contribution in [0.15, 0.2) is 69.7 Å². The minimum atomic E-state index is -0.276. The number of benzene rings is 1. The number of hydrogen-bond donors (Lipinski definition) is 1. The Labute approximate surface area is 156 Å². The van der Waals surface area contributed by atoms with Gasteiger partial charge in [-0.05, 0) is 30.9 Å². The molecular formula is C20H18N2OS2. The Kier molecular flexibility index (Phi) is 5.42. The normalized spacial score (nSPS) is 17.2. The van der Waals surface area contributed by atoms with Gasteiger partial charge >= 0.3 is 0 Å². The lowest BCUT2D eigenvalue weighted by molar-refractivity contribution is -0.113. The molecule has 1 aliphatic rings. The zero-order chi connectivity index (χ0) is 17.8. The summed E-state index contributed by atoms with van der Waals surface area (Å²) in [5.41, 5.74) is 3.34. The number of ketones is 1. The van der Waals surface area contributed by atoms with Crippen LogP contribution < -0.4 is 5.32 Å². The van der Waals surface area contributed by atoms with Gasteiger partial charge in [0.1, 0.15) is 0 Å². The molecular weight excluding hydrogens is 348 g/mol. The summed E-state index contributed by atoms with van der Waals surface area (Å²) < 4.78 is 0. The number of carbonyl (C=O) groups is 1. The predicted molar refractivity (Wildman–Crippen MR) is 104 cm³/mol. The van der Waals surface area contributed by atoms with Crippen molar-refractivity contribution in [3.8, 4) is 6.07 Å². The molecule has 25 heavy (non-hydrogen) atoms. The minimum absolute atomic E-state index is 0.00302. The average molecular weight is 367 g/mol. The van der Waals surface area contributed by atoms with E-state index in [9.17, 15) is 10.1 Å². The van der Waals surface area contributed by atoms with Gasteiger partial charge in [0, 0.05) is 21.9 Å². The van der Waals surface area contributed by atoms with Gasteiger partial charge in [-0.2, -0.15) is 5.26 Å². The highest BCUT2D eigenvalue weighted by atomic mass is 32.2. The summed E-state index contributed by atoms with van der Waals surface area (Å²) >= 11 is 3.19. The van der Waals surface area contributed by atoms with Gasteiger partial charge in [0.25, 0.3) is 0 Å². The van der Waals surface area contributed by atoms with Gasteiger partial charge in [-0.1, -0.05) is 36.4 Å². The number of allylic oxidation sites excluding steroid dienone is 3. The van der Waals surface area contributed by atoms with E-state index in [-0.39, 0.29) is 11.7 Å². The van der Waals surface area contributed by atoms with E-state index in [0.29, 0.717) is 11.1 Å². The first-order valence-electron chi connectivity index (χ1n) is 7.95. The van der Waals surface area contributed by atoms with Crippen LogP contribution in [0.25, 0.3) is 0 Å². The van der Waals surface area contributed by atoms with Crippen molar-refractivity contribution in [2.45, 2.75) is 25.5 Å². The molecule has 2 heterocycles. The van der Waals surface area contributed by atoms with Gasteiger partial charge in [0.2, 0.25) is 0 Å². The fourth-order valence-electron chi connectivity index (χ4n) is 2.96. The molecule has 1 unspecified atom stereocenters. The fraction of sp³-hybridized carbons (Fsp3) is 0.200. The molecule has 0 saturated heterocycles. The smallest absolute Gasteiger partial charge is 0.158 e. The van der Waals surface area contributed by atoms with Crippen LogP contribution in [-0.2, 0) is 10.5 Å². The number of nitriles is 1. The third kappa shape index (κ3) is 3.71. The van der Waals surface area contributed by atoms with Crippen molar-refractivity contribution < 1.29 is 4.79 Å². The first kappa shape index (κ1) is 17.5. The number of carbonyl (C=O) groups excluding carboxylic acids is 1. The second-order valence-electron chi connectivity index (χ2n) is 5.80. The summed E-state index contributed by atoms with van der Waals surface area (Å²) in [7, 11) is 0. The van der Waals surface area contributed by atoms with Gasteiger partial charge in [-0.25, -0.2) is 0 Å². The van der Waals surface area contributed by atoms with Crippen molar-refractivity contribution in [2.24, 2.45) is 0 Å². The topological polar surface area (TPSA) is 52.9 Å². The zero-order valence-electron chi connectivity index (χ0n) is 14.1. The van der Waals surface area contributed by atoms with Gasteiger partial charge in [-0.3, -0.25) is 4.79 Å². The number of hydrogen-bond acceptors (Lipinski definition) is 5. The minimum Gasteiger partial charge on any atom is -0.353 e. The lowest BCUT2D eigenvalue weighted by atomic mass is 9.85. The van der Waals surface area contributed by atoms with Crippen LogP contribution in [-0.4, -0.2) is 5.78 Å².